The molecular weight excluding hydrogens is 532 g/mol. The van der Waals surface area contributed by atoms with Crippen molar-refractivity contribution in [3.8, 4) is 11.1 Å². The van der Waals surface area contributed by atoms with Gasteiger partial charge in [0.25, 0.3) is 0 Å². The number of halogens is 2. The van der Waals surface area contributed by atoms with E-state index in [1.165, 1.54) is 10.8 Å². The van der Waals surface area contributed by atoms with Gasteiger partial charge in [0.2, 0.25) is 5.43 Å². The van der Waals surface area contributed by atoms with Crippen LogP contribution in [0.5, 0.6) is 0 Å². The van der Waals surface area contributed by atoms with Gasteiger partial charge in [0.05, 0.1) is 33.1 Å². The molecule has 1 unspecified atom stereocenters. The number of hydrogen-bond acceptors (Lipinski definition) is 7. The summed E-state index contributed by atoms with van der Waals surface area (Å²) < 4.78 is 32.0. The molecule has 0 amide bonds. The Balaban J connectivity index is 1.70. The van der Waals surface area contributed by atoms with Crippen LogP contribution >= 0.6 is 0 Å². The average molecular weight is 562 g/mol. The topological polar surface area (TPSA) is 119 Å². The molecule has 0 radical (unpaired) electrons. The second-order valence-corrected chi connectivity index (χ2v) is 10.7. The van der Waals surface area contributed by atoms with Gasteiger partial charge in [-0.1, -0.05) is 0 Å². The van der Waals surface area contributed by atoms with Crippen molar-refractivity contribution >= 4 is 50.3 Å². The first kappa shape index (κ1) is 26.6. The molecule has 5 aromatic rings. The fraction of sp³-hybridized carbons (Fsp3) is 0.310. The smallest absolute Gasteiger partial charge is 0.341 e. The summed E-state index contributed by atoms with van der Waals surface area (Å²) in [6.45, 7) is 1.30. The zero-order valence-electron chi connectivity index (χ0n) is 23.0. The summed E-state index contributed by atoms with van der Waals surface area (Å²) in [5, 5.41) is 13.2. The van der Waals surface area contributed by atoms with Crippen molar-refractivity contribution in [2.24, 2.45) is 7.05 Å². The molecule has 1 atom stereocenters. The molecule has 1 saturated heterocycles. The predicted molar refractivity (Wildman–Crippen MR) is 155 cm³/mol. The average Bonchev–Trinajstić information content (AvgIpc) is 3.36. The lowest BCUT2D eigenvalue weighted by Gasteiger charge is -2.38. The molecule has 1 fully saturated rings. The molecule has 5 heterocycles. The van der Waals surface area contributed by atoms with Crippen molar-refractivity contribution in [3.05, 3.63) is 58.1 Å². The number of nitrogens with zero attached hydrogens (tertiary/aromatic N) is 5. The number of hydrogen-bond donors (Lipinski definition) is 3. The monoisotopic (exact) mass is 561 g/mol. The summed E-state index contributed by atoms with van der Waals surface area (Å²) in [7, 11) is 7.29. The molecule has 4 aromatic heterocycles. The molecule has 1 aliphatic heterocycles. The molecule has 12 heteroatoms. The molecule has 3 N–H and O–H groups in total. The molecule has 0 bridgehead atoms. The minimum atomic E-state index is -1.33. The maximum Gasteiger partial charge on any atom is 0.341 e. The third-order valence-corrected chi connectivity index (χ3v) is 8.03. The zero-order chi connectivity index (χ0) is 29.2. The Morgan fingerprint density at radius 1 is 1.20 bits per heavy atom. The van der Waals surface area contributed by atoms with Gasteiger partial charge in [0.15, 0.2) is 11.6 Å². The number of pyridine rings is 3. The number of likely N-dealkylation sites (N-methyl/N-ethyl adjacent to an activating group) is 1. The van der Waals surface area contributed by atoms with Crippen LogP contribution in [0.3, 0.4) is 0 Å². The molecule has 0 aliphatic carbocycles. The normalized spacial score (nSPS) is 15.9. The number of carbonyl (C=O) groups is 1. The van der Waals surface area contributed by atoms with Gasteiger partial charge in [-0.15, -0.1) is 0 Å². The highest BCUT2D eigenvalue weighted by molar-refractivity contribution is 6.18. The molecule has 212 valence electrons. The predicted octanol–water partition coefficient (Wildman–Crippen LogP) is 4.18. The SMILES string of the molecule is CNc1cc(F)c(F)c2c1[nH]c1ncc(-c3cnc4c(c3)c(=O)c(C(=O)O)cn4C)c(N3CCCC(N(C)C)C3)c12. The number of piperidine rings is 1. The van der Waals surface area contributed by atoms with E-state index in [0.717, 1.165) is 18.9 Å². The number of aryl methyl sites for hydroxylation is 1. The van der Waals surface area contributed by atoms with E-state index in [1.807, 2.05) is 14.1 Å². The van der Waals surface area contributed by atoms with Crippen molar-refractivity contribution in [2.75, 3.05) is 44.4 Å². The minimum Gasteiger partial charge on any atom is -0.477 e. The number of H-pyrrole nitrogens is 1. The van der Waals surface area contributed by atoms with Gasteiger partial charge < -0.3 is 29.8 Å². The second-order valence-electron chi connectivity index (χ2n) is 10.7. The van der Waals surface area contributed by atoms with Crippen LogP contribution in [0.2, 0.25) is 0 Å². The maximum atomic E-state index is 15.6. The second kappa shape index (κ2) is 9.81. The largest absolute Gasteiger partial charge is 0.477 e. The first-order chi connectivity index (χ1) is 19.6. The van der Waals surface area contributed by atoms with E-state index in [0.29, 0.717) is 57.8 Å². The third-order valence-electron chi connectivity index (χ3n) is 8.03. The van der Waals surface area contributed by atoms with Crippen LogP contribution in [0.4, 0.5) is 20.2 Å². The number of carboxylic acid groups (broad SMARTS) is 1. The summed E-state index contributed by atoms with van der Waals surface area (Å²) in [5.41, 5.74) is 2.21. The lowest BCUT2D eigenvalue weighted by Crippen LogP contribution is -2.45. The number of aromatic amines is 1. The maximum absolute atomic E-state index is 15.6. The van der Waals surface area contributed by atoms with E-state index in [1.54, 1.807) is 32.6 Å². The van der Waals surface area contributed by atoms with Crippen molar-refractivity contribution in [1.29, 1.82) is 0 Å². The van der Waals surface area contributed by atoms with Crippen LogP contribution in [0, 0.1) is 11.6 Å². The summed E-state index contributed by atoms with van der Waals surface area (Å²) in [5.74, 6) is -3.30. The fourth-order valence-electron chi connectivity index (χ4n) is 5.92. The van der Waals surface area contributed by atoms with Crippen molar-refractivity contribution in [2.45, 2.75) is 18.9 Å². The third kappa shape index (κ3) is 4.17. The summed E-state index contributed by atoms with van der Waals surface area (Å²) >= 11 is 0. The Hall–Kier alpha value is -4.58. The van der Waals surface area contributed by atoms with Gasteiger partial charge in [-0.2, -0.15) is 0 Å². The van der Waals surface area contributed by atoms with Crippen LogP contribution in [-0.2, 0) is 7.05 Å². The Labute approximate surface area is 233 Å². The zero-order valence-corrected chi connectivity index (χ0v) is 23.0. The van der Waals surface area contributed by atoms with E-state index < -0.39 is 23.0 Å². The molecule has 0 spiro atoms. The Bertz CT molecular complexity index is 1930. The van der Waals surface area contributed by atoms with E-state index in [2.05, 4.69) is 30.1 Å². The number of aromatic nitrogens is 4. The molecule has 10 nitrogen and oxygen atoms in total. The van der Waals surface area contributed by atoms with Gasteiger partial charge in [0, 0.05) is 69.0 Å². The van der Waals surface area contributed by atoms with Gasteiger partial charge >= 0.3 is 5.97 Å². The van der Waals surface area contributed by atoms with E-state index >= 15 is 4.39 Å². The van der Waals surface area contributed by atoms with Crippen LogP contribution in [0.25, 0.3) is 44.1 Å². The number of rotatable bonds is 5. The summed E-state index contributed by atoms with van der Waals surface area (Å²) in [6.07, 6.45) is 6.34. The van der Waals surface area contributed by atoms with Gasteiger partial charge in [-0.05, 0) is 33.0 Å². The number of aromatic carboxylic acids is 1. The first-order valence-corrected chi connectivity index (χ1v) is 13.2. The quantitative estimate of drug-likeness (QED) is 0.293. The van der Waals surface area contributed by atoms with E-state index in [9.17, 15) is 19.1 Å². The summed E-state index contributed by atoms with van der Waals surface area (Å²) in [6, 6.07) is 2.93. The van der Waals surface area contributed by atoms with Crippen molar-refractivity contribution in [1.82, 2.24) is 24.4 Å². The van der Waals surface area contributed by atoms with Crippen LogP contribution < -0.4 is 15.6 Å². The number of fused-ring (bicyclic) bond motifs is 4. The Morgan fingerprint density at radius 3 is 2.68 bits per heavy atom. The number of anilines is 2. The lowest BCUT2D eigenvalue weighted by molar-refractivity contribution is 0.0695. The Morgan fingerprint density at radius 2 is 1.98 bits per heavy atom. The minimum absolute atomic E-state index is 0.0819. The standard InChI is InChI=1S/C29H29F2N7O3/c1-32-20-9-19(30)23(31)21-22-25(38-7-5-6-15(12-38)36(2)3)17(11-33-27(22)35-24(20)21)14-8-16-26(39)18(29(40)41)13-37(4)28(16)34-10-14/h8-11,13,15,32H,5-7,12H2,1-4H3,(H,33,35)(H,40,41). The van der Waals surface area contributed by atoms with Crippen LogP contribution in [-0.4, -0.2) is 75.8 Å². The number of carboxylic acids is 1. The highest BCUT2D eigenvalue weighted by Gasteiger charge is 2.29. The number of nitrogens with one attached hydrogen (secondary N) is 2. The van der Waals surface area contributed by atoms with Crippen molar-refractivity contribution < 1.29 is 18.7 Å². The summed E-state index contributed by atoms with van der Waals surface area (Å²) in [4.78, 5) is 41.5. The lowest BCUT2D eigenvalue weighted by atomic mass is 9.98. The fourth-order valence-corrected chi connectivity index (χ4v) is 5.92. The first-order valence-electron chi connectivity index (χ1n) is 13.2. The molecule has 1 aromatic carbocycles. The van der Waals surface area contributed by atoms with Gasteiger partial charge in [-0.3, -0.25) is 4.79 Å². The molecular formula is C29H29F2N7O3. The highest BCUT2D eigenvalue weighted by atomic mass is 19.2. The van der Waals surface area contributed by atoms with Crippen LogP contribution in [0.15, 0.2) is 35.5 Å². The molecule has 0 saturated carbocycles. The van der Waals surface area contributed by atoms with Crippen LogP contribution in [0.1, 0.15) is 23.2 Å². The van der Waals surface area contributed by atoms with Gasteiger partial charge in [0.1, 0.15) is 16.9 Å². The van der Waals surface area contributed by atoms with Crippen molar-refractivity contribution in [3.63, 3.8) is 0 Å². The molecule has 41 heavy (non-hydrogen) atoms. The van der Waals surface area contributed by atoms with Gasteiger partial charge in [-0.25, -0.2) is 23.5 Å². The molecule has 1 aliphatic rings. The van der Waals surface area contributed by atoms with E-state index in [4.69, 9.17) is 0 Å². The van der Waals surface area contributed by atoms with E-state index in [-0.39, 0.29) is 22.4 Å². The highest BCUT2D eigenvalue weighted by Crippen LogP contribution is 2.44. The number of benzene rings is 1. The Kier molecular flexibility index (Phi) is 6.37. The molecule has 6 rings (SSSR count).